The molecule has 0 radical (unpaired) electrons. The van der Waals surface area contributed by atoms with Crippen molar-refractivity contribution in [1.82, 2.24) is 0 Å². The van der Waals surface area contributed by atoms with Crippen molar-refractivity contribution in [2.75, 3.05) is 4.90 Å². The van der Waals surface area contributed by atoms with E-state index in [1.807, 2.05) is 12.1 Å². The SMILES string of the molecule is CC1c2cc(C=O)ccc2N(C(C)C)C1C. The molecule has 2 unspecified atom stereocenters. The minimum absolute atomic E-state index is 0.498. The van der Waals surface area contributed by atoms with E-state index in [-0.39, 0.29) is 0 Å². The second-order valence-corrected chi connectivity index (χ2v) is 4.97. The summed E-state index contributed by atoms with van der Waals surface area (Å²) in [6.07, 6.45) is 0.926. The Bertz CT molecular complexity index is 411. The molecule has 2 heteroatoms. The molecule has 16 heavy (non-hydrogen) atoms. The fraction of sp³-hybridized carbons (Fsp3) is 0.500. The minimum atomic E-state index is 0.498. The molecular formula is C14H19NO. The highest BCUT2D eigenvalue weighted by molar-refractivity contribution is 5.78. The lowest BCUT2D eigenvalue weighted by Crippen LogP contribution is -2.36. The molecule has 0 saturated heterocycles. The number of hydrogen-bond donors (Lipinski definition) is 0. The van der Waals surface area contributed by atoms with Gasteiger partial charge in [0.05, 0.1) is 0 Å². The number of carbonyl (C=O) groups excluding carboxylic acids is 1. The third-order valence-corrected chi connectivity index (χ3v) is 3.68. The molecule has 2 nitrogen and oxygen atoms in total. The van der Waals surface area contributed by atoms with Crippen LogP contribution in [-0.2, 0) is 0 Å². The molecule has 1 aromatic carbocycles. The molecule has 86 valence electrons. The highest BCUT2D eigenvalue weighted by atomic mass is 16.1. The van der Waals surface area contributed by atoms with E-state index in [1.54, 1.807) is 0 Å². The molecular weight excluding hydrogens is 198 g/mol. The first-order valence-electron chi connectivity index (χ1n) is 5.93. The molecule has 1 aliphatic rings. The van der Waals surface area contributed by atoms with Crippen LogP contribution in [-0.4, -0.2) is 18.4 Å². The molecule has 1 heterocycles. The molecule has 0 aliphatic carbocycles. The summed E-state index contributed by atoms with van der Waals surface area (Å²) in [4.78, 5) is 13.2. The summed E-state index contributed by atoms with van der Waals surface area (Å²) in [6, 6.07) is 7.04. The van der Waals surface area contributed by atoms with Crippen molar-refractivity contribution < 1.29 is 4.79 Å². The highest BCUT2D eigenvalue weighted by Gasteiger charge is 2.33. The Morgan fingerprint density at radius 3 is 2.56 bits per heavy atom. The second kappa shape index (κ2) is 3.93. The van der Waals surface area contributed by atoms with Crippen molar-refractivity contribution in [2.45, 2.75) is 45.7 Å². The van der Waals surface area contributed by atoms with Crippen LogP contribution in [0.25, 0.3) is 0 Å². The quantitative estimate of drug-likeness (QED) is 0.709. The molecule has 0 bridgehead atoms. The van der Waals surface area contributed by atoms with Crippen LogP contribution in [0.5, 0.6) is 0 Å². The van der Waals surface area contributed by atoms with E-state index in [0.717, 1.165) is 11.8 Å². The lowest BCUT2D eigenvalue weighted by Gasteiger charge is -2.30. The van der Waals surface area contributed by atoms with Crippen molar-refractivity contribution in [3.8, 4) is 0 Å². The van der Waals surface area contributed by atoms with Crippen LogP contribution in [0.1, 0.15) is 49.5 Å². The first kappa shape index (κ1) is 11.2. The summed E-state index contributed by atoms with van der Waals surface area (Å²) in [6.45, 7) is 8.92. The van der Waals surface area contributed by atoms with Crippen molar-refractivity contribution in [3.63, 3.8) is 0 Å². The number of aldehydes is 1. The molecule has 0 amide bonds. The van der Waals surface area contributed by atoms with Gasteiger partial charge in [0.25, 0.3) is 0 Å². The van der Waals surface area contributed by atoms with Crippen molar-refractivity contribution in [3.05, 3.63) is 29.3 Å². The van der Waals surface area contributed by atoms with E-state index >= 15 is 0 Å². The summed E-state index contributed by atoms with van der Waals surface area (Å²) in [5.74, 6) is 0.498. The molecule has 0 saturated carbocycles. The van der Waals surface area contributed by atoms with E-state index in [1.165, 1.54) is 11.3 Å². The van der Waals surface area contributed by atoms with Crippen LogP contribution in [0.2, 0.25) is 0 Å². The van der Waals surface area contributed by atoms with Crippen LogP contribution in [0, 0.1) is 0 Å². The van der Waals surface area contributed by atoms with Gasteiger partial charge < -0.3 is 4.90 Å². The van der Waals surface area contributed by atoms with Gasteiger partial charge in [-0.05, 0) is 44.5 Å². The third-order valence-electron chi connectivity index (χ3n) is 3.68. The smallest absolute Gasteiger partial charge is 0.150 e. The minimum Gasteiger partial charge on any atom is -0.366 e. The largest absolute Gasteiger partial charge is 0.366 e. The van der Waals surface area contributed by atoms with E-state index in [4.69, 9.17) is 0 Å². The molecule has 0 aromatic heterocycles. The third kappa shape index (κ3) is 1.53. The Labute approximate surface area is 97.3 Å². The zero-order chi connectivity index (χ0) is 11.9. The average Bonchev–Trinajstić information content (AvgIpc) is 2.51. The van der Waals surface area contributed by atoms with Gasteiger partial charge in [-0.25, -0.2) is 0 Å². The summed E-state index contributed by atoms with van der Waals surface area (Å²) < 4.78 is 0. The number of hydrogen-bond acceptors (Lipinski definition) is 2. The maximum atomic E-state index is 10.8. The summed E-state index contributed by atoms with van der Waals surface area (Å²) in [7, 11) is 0. The topological polar surface area (TPSA) is 20.3 Å². The molecule has 2 atom stereocenters. The van der Waals surface area contributed by atoms with Gasteiger partial charge in [0.15, 0.2) is 0 Å². The molecule has 0 fully saturated rings. The van der Waals surface area contributed by atoms with Crippen LogP contribution in [0.4, 0.5) is 5.69 Å². The Morgan fingerprint density at radius 2 is 2.00 bits per heavy atom. The van der Waals surface area contributed by atoms with E-state index < -0.39 is 0 Å². The number of carbonyl (C=O) groups is 1. The Hall–Kier alpha value is -1.31. The number of rotatable bonds is 2. The first-order valence-corrected chi connectivity index (χ1v) is 5.93. The lowest BCUT2D eigenvalue weighted by molar-refractivity contribution is 0.112. The molecule has 0 N–H and O–H groups in total. The molecule has 0 spiro atoms. The molecule has 1 aromatic rings. The van der Waals surface area contributed by atoms with Gasteiger partial charge in [0, 0.05) is 29.3 Å². The number of benzene rings is 1. The van der Waals surface area contributed by atoms with Crippen LogP contribution in [0.3, 0.4) is 0 Å². The van der Waals surface area contributed by atoms with Gasteiger partial charge in [-0.2, -0.15) is 0 Å². The second-order valence-electron chi connectivity index (χ2n) is 4.97. The van der Waals surface area contributed by atoms with Gasteiger partial charge in [-0.15, -0.1) is 0 Å². The van der Waals surface area contributed by atoms with E-state index in [9.17, 15) is 4.79 Å². The Kier molecular flexibility index (Phi) is 2.75. The van der Waals surface area contributed by atoms with Crippen molar-refractivity contribution in [1.29, 1.82) is 0 Å². The van der Waals surface area contributed by atoms with Gasteiger partial charge in [-0.3, -0.25) is 4.79 Å². The van der Waals surface area contributed by atoms with Crippen molar-refractivity contribution >= 4 is 12.0 Å². The summed E-state index contributed by atoms with van der Waals surface area (Å²) in [5.41, 5.74) is 3.38. The van der Waals surface area contributed by atoms with E-state index in [0.29, 0.717) is 18.0 Å². The predicted octanol–water partition coefficient (Wildman–Crippen LogP) is 3.22. The normalized spacial score (nSPS) is 23.7. The average molecular weight is 217 g/mol. The summed E-state index contributed by atoms with van der Waals surface area (Å²) in [5, 5.41) is 0. The first-order chi connectivity index (χ1) is 7.56. The molecule has 2 rings (SSSR count). The van der Waals surface area contributed by atoms with Crippen LogP contribution < -0.4 is 4.90 Å². The molecule has 1 aliphatic heterocycles. The Morgan fingerprint density at radius 1 is 1.31 bits per heavy atom. The zero-order valence-electron chi connectivity index (χ0n) is 10.4. The zero-order valence-corrected chi connectivity index (χ0v) is 10.4. The van der Waals surface area contributed by atoms with Gasteiger partial charge in [0.1, 0.15) is 6.29 Å². The number of fused-ring (bicyclic) bond motifs is 1. The van der Waals surface area contributed by atoms with Gasteiger partial charge in [-0.1, -0.05) is 6.92 Å². The fourth-order valence-corrected chi connectivity index (χ4v) is 2.71. The monoisotopic (exact) mass is 217 g/mol. The van der Waals surface area contributed by atoms with Crippen LogP contribution in [0.15, 0.2) is 18.2 Å². The maximum Gasteiger partial charge on any atom is 0.150 e. The van der Waals surface area contributed by atoms with Crippen LogP contribution >= 0.6 is 0 Å². The van der Waals surface area contributed by atoms with Gasteiger partial charge >= 0.3 is 0 Å². The van der Waals surface area contributed by atoms with E-state index in [2.05, 4.69) is 38.7 Å². The van der Waals surface area contributed by atoms with Gasteiger partial charge in [0.2, 0.25) is 0 Å². The highest BCUT2D eigenvalue weighted by Crippen LogP contribution is 2.41. The van der Waals surface area contributed by atoms with Crippen molar-refractivity contribution in [2.24, 2.45) is 0 Å². The Balaban J connectivity index is 2.51. The lowest BCUT2D eigenvalue weighted by atomic mass is 9.97. The number of anilines is 1. The predicted molar refractivity (Wildman–Crippen MR) is 67.3 cm³/mol. The standard InChI is InChI=1S/C14H19NO/c1-9(2)15-11(4)10(3)13-7-12(8-16)5-6-14(13)15/h5-11H,1-4H3. The summed E-state index contributed by atoms with van der Waals surface area (Å²) >= 11 is 0. The number of nitrogens with zero attached hydrogens (tertiary/aromatic N) is 1. The fourth-order valence-electron chi connectivity index (χ4n) is 2.71. The maximum absolute atomic E-state index is 10.8.